The Kier molecular flexibility index (Phi) is 2.44. The lowest BCUT2D eigenvalue weighted by Crippen LogP contribution is -2.44. The van der Waals surface area contributed by atoms with Gasteiger partial charge in [0.1, 0.15) is 0 Å². The fourth-order valence-electron chi connectivity index (χ4n) is 1.07. The molecule has 1 N–H and O–H groups in total. The number of hydrogen-bond donors (Lipinski definition) is 1. The maximum atomic E-state index is 12.2. The van der Waals surface area contributed by atoms with Crippen LogP contribution in [0.5, 0.6) is 0 Å². The van der Waals surface area contributed by atoms with Crippen molar-refractivity contribution in [1.29, 1.82) is 0 Å². The van der Waals surface area contributed by atoms with Crippen LogP contribution >= 0.6 is 0 Å². The molecule has 1 heterocycles. The molecular weight excluding hydrogens is 206 g/mol. The van der Waals surface area contributed by atoms with Crippen LogP contribution in [-0.4, -0.2) is 41.9 Å². The van der Waals surface area contributed by atoms with Crippen LogP contribution in [0.1, 0.15) is 0 Å². The second-order valence-corrected chi connectivity index (χ2v) is 3.98. The maximum absolute atomic E-state index is 12.2. The van der Waals surface area contributed by atoms with Gasteiger partial charge in [-0.1, -0.05) is 0 Å². The number of halogens is 2. The SMILES string of the molecule is CN1C=CN(C(F)F)C1S(=O)(=O)O. The van der Waals surface area contributed by atoms with Gasteiger partial charge in [-0.05, 0) is 0 Å². The topological polar surface area (TPSA) is 60.9 Å². The summed E-state index contributed by atoms with van der Waals surface area (Å²) in [5.74, 6) is 0. The third kappa shape index (κ3) is 1.89. The standard InChI is InChI=1S/C5H8F2N2O3S/c1-8-2-3-9(4(6)7)5(8)13(10,11)12/h2-5H,1H3,(H,10,11,12). The Morgan fingerprint density at radius 2 is 2.00 bits per heavy atom. The van der Waals surface area contributed by atoms with Gasteiger partial charge in [-0.3, -0.25) is 9.45 Å². The third-order valence-corrected chi connectivity index (χ3v) is 2.68. The van der Waals surface area contributed by atoms with Crippen molar-refractivity contribution < 1.29 is 21.8 Å². The van der Waals surface area contributed by atoms with Crippen molar-refractivity contribution in [2.75, 3.05) is 7.05 Å². The molecule has 0 spiro atoms. The molecule has 0 saturated heterocycles. The fourth-order valence-corrected chi connectivity index (χ4v) is 2.03. The van der Waals surface area contributed by atoms with E-state index in [2.05, 4.69) is 0 Å². The molecule has 1 aliphatic rings. The number of hydrogen-bond acceptors (Lipinski definition) is 4. The van der Waals surface area contributed by atoms with Gasteiger partial charge < -0.3 is 4.90 Å². The molecular formula is C5H8F2N2O3S. The van der Waals surface area contributed by atoms with E-state index in [4.69, 9.17) is 4.55 Å². The largest absolute Gasteiger partial charge is 0.345 e. The zero-order valence-corrected chi connectivity index (χ0v) is 7.45. The van der Waals surface area contributed by atoms with Crippen LogP contribution in [-0.2, 0) is 10.1 Å². The molecule has 0 aromatic heterocycles. The van der Waals surface area contributed by atoms with Crippen LogP contribution in [0.3, 0.4) is 0 Å². The molecule has 0 fully saturated rings. The lowest BCUT2D eigenvalue weighted by Gasteiger charge is -2.26. The summed E-state index contributed by atoms with van der Waals surface area (Å²) >= 11 is 0. The first-order valence-corrected chi connectivity index (χ1v) is 4.76. The molecule has 0 radical (unpaired) electrons. The zero-order valence-electron chi connectivity index (χ0n) is 6.63. The van der Waals surface area contributed by atoms with Crippen LogP contribution in [0.25, 0.3) is 0 Å². The summed E-state index contributed by atoms with van der Waals surface area (Å²) in [6.07, 6.45) is 2.05. The van der Waals surface area contributed by atoms with E-state index in [0.717, 1.165) is 17.3 Å². The molecule has 0 saturated carbocycles. The molecule has 13 heavy (non-hydrogen) atoms. The van der Waals surface area contributed by atoms with Gasteiger partial charge in [0, 0.05) is 19.4 Å². The highest BCUT2D eigenvalue weighted by molar-refractivity contribution is 7.86. The Morgan fingerprint density at radius 3 is 2.31 bits per heavy atom. The minimum Gasteiger partial charge on any atom is -0.345 e. The summed E-state index contributed by atoms with van der Waals surface area (Å²) in [6.45, 7) is -2.96. The molecule has 0 aromatic rings. The second kappa shape index (κ2) is 3.11. The highest BCUT2D eigenvalue weighted by atomic mass is 32.2. The van der Waals surface area contributed by atoms with E-state index in [1.54, 1.807) is 0 Å². The van der Waals surface area contributed by atoms with Crippen LogP contribution in [0.2, 0.25) is 0 Å². The number of alkyl halides is 2. The summed E-state index contributed by atoms with van der Waals surface area (Å²) in [4.78, 5) is 1.22. The Labute approximate surface area is 74.0 Å². The van der Waals surface area contributed by atoms with Gasteiger partial charge in [0.2, 0.25) is 5.50 Å². The normalized spacial score (nSPS) is 23.3. The summed E-state index contributed by atoms with van der Waals surface area (Å²) in [6, 6.07) is 0. The molecule has 1 aliphatic heterocycles. The van der Waals surface area contributed by atoms with E-state index in [1.807, 2.05) is 0 Å². The molecule has 1 unspecified atom stereocenters. The Hall–Kier alpha value is -0.890. The third-order valence-electron chi connectivity index (χ3n) is 1.57. The first kappa shape index (κ1) is 10.2. The summed E-state index contributed by atoms with van der Waals surface area (Å²) < 4.78 is 54.3. The van der Waals surface area contributed by atoms with Gasteiger partial charge in [0.05, 0.1) is 0 Å². The van der Waals surface area contributed by atoms with Crippen LogP contribution in [0.15, 0.2) is 12.4 Å². The zero-order chi connectivity index (χ0) is 10.2. The molecule has 1 atom stereocenters. The Morgan fingerprint density at radius 1 is 1.46 bits per heavy atom. The summed E-state index contributed by atoms with van der Waals surface area (Å²) in [5.41, 5.74) is -1.73. The minimum atomic E-state index is -4.54. The molecule has 0 aromatic carbocycles. The quantitative estimate of drug-likeness (QED) is 0.521. The molecule has 5 nitrogen and oxygen atoms in total. The van der Waals surface area contributed by atoms with Gasteiger partial charge in [0.15, 0.2) is 0 Å². The van der Waals surface area contributed by atoms with Crippen LogP contribution < -0.4 is 0 Å². The van der Waals surface area contributed by atoms with Crippen molar-refractivity contribution >= 4 is 10.1 Å². The van der Waals surface area contributed by atoms with Crippen molar-refractivity contribution in [3.05, 3.63) is 12.4 Å². The van der Waals surface area contributed by atoms with Crippen LogP contribution in [0.4, 0.5) is 8.78 Å². The van der Waals surface area contributed by atoms with E-state index in [1.165, 1.54) is 7.05 Å². The van der Waals surface area contributed by atoms with E-state index >= 15 is 0 Å². The van der Waals surface area contributed by atoms with Crippen molar-refractivity contribution in [2.45, 2.75) is 12.0 Å². The predicted molar refractivity (Wildman–Crippen MR) is 40.1 cm³/mol. The molecule has 0 aliphatic carbocycles. The summed E-state index contributed by atoms with van der Waals surface area (Å²) in [5, 5.41) is 0. The first-order chi connectivity index (χ1) is 5.84. The molecule has 76 valence electrons. The molecule has 8 heteroatoms. The number of nitrogens with zero attached hydrogens (tertiary/aromatic N) is 2. The fraction of sp³-hybridized carbons (Fsp3) is 0.600. The van der Waals surface area contributed by atoms with Crippen molar-refractivity contribution in [3.63, 3.8) is 0 Å². The number of rotatable bonds is 2. The van der Waals surface area contributed by atoms with Gasteiger partial charge >= 0.3 is 16.7 Å². The van der Waals surface area contributed by atoms with Gasteiger partial charge in [-0.25, -0.2) is 0 Å². The lowest BCUT2D eigenvalue weighted by molar-refractivity contribution is -0.0161. The second-order valence-electron chi connectivity index (χ2n) is 2.53. The highest BCUT2D eigenvalue weighted by Gasteiger charge is 2.38. The smallest absolute Gasteiger partial charge is 0.317 e. The van der Waals surface area contributed by atoms with Crippen molar-refractivity contribution in [1.82, 2.24) is 9.80 Å². The summed E-state index contributed by atoms with van der Waals surface area (Å²) in [7, 11) is -3.26. The van der Waals surface area contributed by atoms with E-state index in [-0.39, 0.29) is 4.90 Å². The van der Waals surface area contributed by atoms with Gasteiger partial charge in [-0.15, -0.1) is 0 Å². The highest BCUT2D eigenvalue weighted by Crippen LogP contribution is 2.22. The van der Waals surface area contributed by atoms with Crippen molar-refractivity contribution in [2.24, 2.45) is 0 Å². The van der Waals surface area contributed by atoms with Crippen molar-refractivity contribution in [3.8, 4) is 0 Å². The Balaban J connectivity index is 2.95. The minimum absolute atomic E-state index is 0.245. The maximum Gasteiger partial charge on any atom is 0.317 e. The average Bonchev–Trinajstić information content (AvgIpc) is 2.28. The van der Waals surface area contributed by atoms with E-state index < -0.39 is 22.2 Å². The molecule has 1 rings (SSSR count). The lowest BCUT2D eigenvalue weighted by atomic mass is 10.8. The molecule has 0 bridgehead atoms. The van der Waals surface area contributed by atoms with Gasteiger partial charge in [0.25, 0.3) is 0 Å². The van der Waals surface area contributed by atoms with E-state index in [0.29, 0.717) is 0 Å². The van der Waals surface area contributed by atoms with Crippen LogP contribution in [0, 0.1) is 0 Å². The Bertz CT molecular complexity index is 316. The average molecular weight is 214 g/mol. The predicted octanol–water partition coefficient (Wildman–Crippen LogP) is 0.0990. The first-order valence-electron chi connectivity index (χ1n) is 3.26. The monoisotopic (exact) mass is 214 g/mol. The molecule has 0 amide bonds. The van der Waals surface area contributed by atoms with E-state index in [9.17, 15) is 17.2 Å². The van der Waals surface area contributed by atoms with Gasteiger partial charge in [-0.2, -0.15) is 17.2 Å².